The summed E-state index contributed by atoms with van der Waals surface area (Å²) in [6.07, 6.45) is 7.69. The number of aromatic nitrogens is 3. The Balaban J connectivity index is 1.85. The molecule has 1 aliphatic carbocycles. The van der Waals surface area contributed by atoms with E-state index >= 15 is 0 Å². The minimum Gasteiger partial charge on any atom is -0.242 e. The van der Waals surface area contributed by atoms with E-state index in [0.717, 1.165) is 27.5 Å². The van der Waals surface area contributed by atoms with Crippen molar-refractivity contribution < 1.29 is 0 Å². The van der Waals surface area contributed by atoms with Crippen molar-refractivity contribution in [1.29, 1.82) is 0 Å². The van der Waals surface area contributed by atoms with Crippen LogP contribution < -0.4 is 0 Å². The first-order chi connectivity index (χ1) is 10.4. The summed E-state index contributed by atoms with van der Waals surface area (Å²) < 4.78 is 1.21. The second-order valence-electron chi connectivity index (χ2n) is 5.46. The molecular formula is C16H17N3S2. The number of hydrogen-bond donors (Lipinski definition) is 0. The molecule has 0 N–H and O–H groups in total. The van der Waals surface area contributed by atoms with Gasteiger partial charge in [-0.1, -0.05) is 13.3 Å². The topological polar surface area (TPSA) is 38.7 Å². The lowest BCUT2D eigenvalue weighted by atomic mass is 10.2. The van der Waals surface area contributed by atoms with Gasteiger partial charge in [0, 0.05) is 11.1 Å². The van der Waals surface area contributed by atoms with Gasteiger partial charge in [0.05, 0.1) is 10.2 Å². The molecule has 0 fully saturated rings. The van der Waals surface area contributed by atoms with Gasteiger partial charge >= 0.3 is 0 Å². The lowest BCUT2D eigenvalue weighted by Gasteiger charge is -2.00. The lowest BCUT2D eigenvalue weighted by molar-refractivity contribution is 0.895. The van der Waals surface area contributed by atoms with Gasteiger partial charge in [0.15, 0.2) is 0 Å². The molecule has 3 aromatic rings. The largest absolute Gasteiger partial charge is 0.242 e. The second kappa shape index (κ2) is 5.54. The van der Waals surface area contributed by atoms with Crippen LogP contribution in [0.5, 0.6) is 0 Å². The van der Waals surface area contributed by atoms with E-state index in [-0.39, 0.29) is 0 Å². The molecule has 0 bridgehead atoms. The van der Waals surface area contributed by atoms with Crippen LogP contribution in [-0.4, -0.2) is 20.7 Å². The Labute approximate surface area is 132 Å². The first-order valence-corrected chi connectivity index (χ1v) is 9.36. The Morgan fingerprint density at radius 1 is 1.29 bits per heavy atom. The predicted octanol–water partition coefficient (Wildman–Crippen LogP) is 4.62. The molecule has 0 aliphatic heterocycles. The quantitative estimate of drug-likeness (QED) is 0.400. The van der Waals surface area contributed by atoms with Gasteiger partial charge in [0.1, 0.15) is 16.2 Å². The molecule has 5 heteroatoms. The monoisotopic (exact) mass is 315 g/mol. The maximum absolute atomic E-state index is 4.87. The summed E-state index contributed by atoms with van der Waals surface area (Å²) in [7, 11) is 0. The Morgan fingerprint density at radius 3 is 3.14 bits per heavy atom. The van der Waals surface area contributed by atoms with Crippen molar-refractivity contribution >= 4 is 43.5 Å². The average Bonchev–Trinajstić information content (AvgIpc) is 3.09. The summed E-state index contributed by atoms with van der Waals surface area (Å²) in [6.45, 7) is 2.22. The Kier molecular flexibility index (Phi) is 3.55. The first kappa shape index (κ1) is 13.5. The van der Waals surface area contributed by atoms with E-state index in [9.17, 15) is 0 Å². The van der Waals surface area contributed by atoms with E-state index in [1.54, 1.807) is 17.7 Å². The van der Waals surface area contributed by atoms with Gasteiger partial charge in [-0.15, -0.1) is 23.1 Å². The first-order valence-electron chi connectivity index (χ1n) is 7.55. The fraction of sp³-hybridized carbons (Fsp3) is 0.438. The van der Waals surface area contributed by atoms with Crippen molar-refractivity contribution in [1.82, 2.24) is 15.0 Å². The highest BCUT2D eigenvalue weighted by Crippen LogP contribution is 2.38. The molecule has 0 saturated carbocycles. The zero-order chi connectivity index (χ0) is 14.2. The molecule has 0 saturated heterocycles. The van der Waals surface area contributed by atoms with Crippen LogP contribution in [0.15, 0.2) is 17.4 Å². The zero-order valence-electron chi connectivity index (χ0n) is 12.1. The maximum Gasteiger partial charge on any atom is 0.126 e. The minimum absolute atomic E-state index is 1.09. The molecule has 1 aliphatic rings. The van der Waals surface area contributed by atoms with Crippen LogP contribution in [0.2, 0.25) is 0 Å². The number of fused-ring (bicyclic) bond motifs is 4. The third-order valence-electron chi connectivity index (χ3n) is 3.98. The summed E-state index contributed by atoms with van der Waals surface area (Å²) in [6, 6.07) is 2.32. The number of rotatable bonds is 4. The summed E-state index contributed by atoms with van der Waals surface area (Å²) in [4.78, 5) is 15.0. The molecule has 4 rings (SSSR count). The predicted molar refractivity (Wildman–Crippen MR) is 90.4 cm³/mol. The summed E-state index contributed by atoms with van der Waals surface area (Å²) >= 11 is 3.60. The van der Waals surface area contributed by atoms with Gasteiger partial charge in [-0.05, 0) is 43.1 Å². The average molecular weight is 315 g/mol. The summed E-state index contributed by atoms with van der Waals surface area (Å²) in [5, 5.41) is 2.34. The van der Waals surface area contributed by atoms with Crippen molar-refractivity contribution in [3.8, 4) is 0 Å². The second-order valence-corrected chi connectivity index (χ2v) is 7.54. The molecule has 21 heavy (non-hydrogen) atoms. The normalized spacial score (nSPS) is 14.1. The highest BCUT2D eigenvalue weighted by molar-refractivity contribution is 7.99. The highest BCUT2D eigenvalue weighted by atomic mass is 32.2. The van der Waals surface area contributed by atoms with Gasteiger partial charge in [-0.3, -0.25) is 0 Å². The molecule has 108 valence electrons. The number of thioether (sulfide) groups is 1. The molecule has 3 aromatic heterocycles. The van der Waals surface area contributed by atoms with Crippen LogP contribution in [0.3, 0.4) is 0 Å². The van der Waals surface area contributed by atoms with Gasteiger partial charge in [-0.25, -0.2) is 15.0 Å². The van der Waals surface area contributed by atoms with Crippen LogP contribution in [0.4, 0.5) is 0 Å². The number of pyridine rings is 1. The van der Waals surface area contributed by atoms with Crippen molar-refractivity contribution in [3.05, 3.63) is 23.7 Å². The molecule has 0 atom stereocenters. The number of nitrogens with zero attached hydrogens (tertiary/aromatic N) is 3. The van der Waals surface area contributed by atoms with Crippen LogP contribution >= 0.6 is 23.1 Å². The Morgan fingerprint density at radius 2 is 2.24 bits per heavy atom. The van der Waals surface area contributed by atoms with Crippen molar-refractivity contribution in [2.24, 2.45) is 0 Å². The number of unbranched alkanes of at least 4 members (excludes halogenated alkanes) is 1. The van der Waals surface area contributed by atoms with Crippen molar-refractivity contribution in [3.63, 3.8) is 0 Å². The fourth-order valence-electron chi connectivity index (χ4n) is 2.85. The van der Waals surface area contributed by atoms with E-state index in [2.05, 4.69) is 23.0 Å². The van der Waals surface area contributed by atoms with Crippen molar-refractivity contribution in [2.75, 3.05) is 5.75 Å². The Hall–Kier alpha value is -1.20. The van der Waals surface area contributed by atoms with Crippen LogP contribution in [0.25, 0.3) is 20.4 Å². The van der Waals surface area contributed by atoms with E-state index in [0.29, 0.717) is 0 Å². The van der Waals surface area contributed by atoms with Crippen LogP contribution in [0, 0.1) is 0 Å². The van der Waals surface area contributed by atoms with E-state index in [1.807, 2.05) is 11.8 Å². The van der Waals surface area contributed by atoms with E-state index in [1.165, 1.54) is 47.0 Å². The minimum atomic E-state index is 1.09. The van der Waals surface area contributed by atoms with Gasteiger partial charge in [0.2, 0.25) is 0 Å². The van der Waals surface area contributed by atoms with Crippen LogP contribution in [0.1, 0.15) is 37.4 Å². The van der Waals surface area contributed by atoms with E-state index < -0.39 is 0 Å². The summed E-state index contributed by atoms with van der Waals surface area (Å²) in [5.41, 5.74) is 3.80. The van der Waals surface area contributed by atoms with Gasteiger partial charge in [-0.2, -0.15) is 0 Å². The Bertz CT molecular complexity index is 810. The number of hydrogen-bond acceptors (Lipinski definition) is 5. The van der Waals surface area contributed by atoms with Crippen LogP contribution in [-0.2, 0) is 12.8 Å². The smallest absolute Gasteiger partial charge is 0.126 e. The van der Waals surface area contributed by atoms with E-state index in [4.69, 9.17) is 4.98 Å². The molecule has 0 amide bonds. The molecule has 0 unspecified atom stereocenters. The molecule has 3 heterocycles. The lowest BCUT2D eigenvalue weighted by Crippen LogP contribution is -1.87. The van der Waals surface area contributed by atoms with Gasteiger partial charge < -0.3 is 0 Å². The third kappa shape index (κ3) is 2.32. The summed E-state index contributed by atoms with van der Waals surface area (Å²) in [5.74, 6) is 1.13. The number of thiophene rings is 1. The third-order valence-corrected chi connectivity index (χ3v) is 6.28. The molecular weight excluding hydrogens is 298 g/mol. The van der Waals surface area contributed by atoms with Gasteiger partial charge in [0.25, 0.3) is 0 Å². The standard InChI is InChI=1S/C16H17N3S2/c1-2-3-7-20-16-14-13(17-9-18-16)11-8-10-5-4-6-12(10)19-15(11)21-14/h8-9H,2-7H2,1H3. The highest BCUT2D eigenvalue weighted by Gasteiger charge is 2.18. The number of aryl methyl sites for hydroxylation is 2. The fourth-order valence-corrected chi connectivity index (χ4v) is 5.15. The molecule has 0 aromatic carbocycles. The molecule has 3 nitrogen and oxygen atoms in total. The SMILES string of the molecule is CCCCSc1ncnc2c1sc1nc3c(cc12)CCC3. The molecule has 0 radical (unpaired) electrons. The molecule has 0 spiro atoms. The zero-order valence-corrected chi connectivity index (χ0v) is 13.7. The van der Waals surface area contributed by atoms with Crippen molar-refractivity contribution in [2.45, 2.75) is 44.1 Å². The maximum atomic E-state index is 4.87.